The largest absolute Gasteiger partial charge is 0.495 e. The summed E-state index contributed by atoms with van der Waals surface area (Å²) in [5.74, 6) is 0.815. The van der Waals surface area contributed by atoms with Gasteiger partial charge in [-0.15, -0.1) is 0 Å². The van der Waals surface area contributed by atoms with E-state index in [1.54, 1.807) is 19.5 Å². The zero-order valence-corrected chi connectivity index (χ0v) is 14.0. The monoisotopic (exact) mass is 325 g/mol. The molecular weight excluding hydrogens is 302 g/mol. The van der Waals surface area contributed by atoms with Crippen LogP contribution in [0, 0.1) is 0 Å². The number of hydrogen-bond donors (Lipinski definition) is 1. The molecule has 0 bridgehead atoms. The fourth-order valence-electron chi connectivity index (χ4n) is 2.99. The number of anilines is 2. The predicted octanol–water partition coefficient (Wildman–Crippen LogP) is 3.85. The van der Waals surface area contributed by atoms with Crippen LogP contribution in [0.2, 0.25) is 0 Å². The molecule has 2 aromatic rings. The summed E-state index contributed by atoms with van der Waals surface area (Å²) < 4.78 is 5.35. The number of pyridine rings is 1. The second kappa shape index (κ2) is 7.81. The lowest BCUT2D eigenvalue weighted by atomic mass is 10.2. The van der Waals surface area contributed by atoms with E-state index in [1.807, 2.05) is 35.2 Å². The molecule has 24 heavy (non-hydrogen) atoms. The smallest absolute Gasteiger partial charge is 0.255 e. The van der Waals surface area contributed by atoms with Gasteiger partial charge in [-0.05, 0) is 31.0 Å². The van der Waals surface area contributed by atoms with Crippen molar-refractivity contribution in [3.05, 3.63) is 48.3 Å². The fraction of sp³-hybridized carbons (Fsp3) is 0.368. The second-order valence-electron chi connectivity index (χ2n) is 5.99. The third kappa shape index (κ3) is 3.85. The molecule has 0 saturated carbocycles. The minimum Gasteiger partial charge on any atom is -0.495 e. The predicted molar refractivity (Wildman–Crippen MR) is 94.9 cm³/mol. The molecule has 5 heteroatoms. The number of carbonyl (C=O) groups excluding carboxylic acids is 1. The summed E-state index contributed by atoms with van der Waals surface area (Å²) in [7, 11) is 1.64. The molecule has 0 spiro atoms. The summed E-state index contributed by atoms with van der Waals surface area (Å²) in [6.45, 7) is 1.67. The first-order valence-electron chi connectivity index (χ1n) is 8.42. The van der Waals surface area contributed by atoms with E-state index in [4.69, 9.17) is 4.74 Å². The SMILES string of the molecule is COc1ccccc1Nc1cncc(C(=O)N2CCCCCC2)c1. The summed E-state index contributed by atoms with van der Waals surface area (Å²) in [4.78, 5) is 18.9. The summed E-state index contributed by atoms with van der Waals surface area (Å²) in [6.07, 6.45) is 7.93. The minimum atomic E-state index is 0.0630. The van der Waals surface area contributed by atoms with Gasteiger partial charge in [-0.25, -0.2) is 0 Å². The van der Waals surface area contributed by atoms with Gasteiger partial charge in [0.05, 0.1) is 30.2 Å². The highest BCUT2D eigenvalue weighted by Gasteiger charge is 2.18. The Morgan fingerprint density at radius 2 is 1.88 bits per heavy atom. The number of likely N-dealkylation sites (tertiary alicyclic amines) is 1. The Balaban J connectivity index is 1.77. The lowest BCUT2D eigenvalue weighted by molar-refractivity contribution is 0.0761. The molecule has 1 aromatic carbocycles. The molecule has 0 atom stereocenters. The number of carbonyl (C=O) groups is 1. The fourth-order valence-corrected chi connectivity index (χ4v) is 2.99. The third-order valence-electron chi connectivity index (χ3n) is 4.26. The van der Waals surface area contributed by atoms with Crippen LogP contribution in [0.25, 0.3) is 0 Å². The molecule has 0 unspecified atom stereocenters. The molecule has 5 nitrogen and oxygen atoms in total. The quantitative estimate of drug-likeness (QED) is 0.927. The molecular formula is C19H23N3O2. The van der Waals surface area contributed by atoms with Gasteiger partial charge in [0.1, 0.15) is 5.75 Å². The Morgan fingerprint density at radius 1 is 1.12 bits per heavy atom. The van der Waals surface area contributed by atoms with Crippen LogP contribution in [-0.4, -0.2) is 36.0 Å². The number of para-hydroxylation sites is 2. The second-order valence-corrected chi connectivity index (χ2v) is 5.99. The molecule has 1 aromatic heterocycles. The Kier molecular flexibility index (Phi) is 5.31. The average molecular weight is 325 g/mol. The summed E-state index contributed by atoms with van der Waals surface area (Å²) in [5.41, 5.74) is 2.25. The van der Waals surface area contributed by atoms with E-state index < -0.39 is 0 Å². The maximum absolute atomic E-state index is 12.7. The van der Waals surface area contributed by atoms with Crippen molar-refractivity contribution in [3.63, 3.8) is 0 Å². The number of nitrogens with zero attached hydrogens (tertiary/aromatic N) is 2. The highest BCUT2D eigenvalue weighted by Crippen LogP contribution is 2.27. The number of amides is 1. The maximum Gasteiger partial charge on any atom is 0.255 e. The molecule has 1 aliphatic heterocycles. The van der Waals surface area contributed by atoms with Gasteiger partial charge in [0.15, 0.2) is 0 Å². The van der Waals surface area contributed by atoms with Gasteiger partial charge < -0.3 is 15.0 Å². The van der Waals surface area contributed by atoms with Crippen molar-refractivity contribution in [2.24, 2.45) is 0 Å². The molecule has 1 fully saturated rings. The van der Waals surface area contributed by atoms with Crippen LogP contribution in [0.3, 0.4) is 0 Å². The number of methoxy groups -OCH3 is 1. The first kappa shape index (κ1) is 16.3. The third-order valence-corrected chi connectivity index (χ3v) is 4.26. The first-order chi connectivity index (χ1) is 11.8. The lowest BCUT2D eigenvalue weighted by Gasteiger charge is -2.20. The van der Waals surface area contributed by atoms with E-state index >= 15 is 0 Å². The molecule has 2 heterocycles. The van der Waals surface area contributed by atoms with Crippen LogP contribution >= 0.6 is 0 Å². The van der Waals surface area contributed by atoms with Gasteiger partial charge in [0.25, 0.3) is 5.91 Å². The highest BCUT2D eigenvalue weighted by molar-refractivity contribution is 5.95. The number of rotatable bonds is 4. The molecule has 1 aliphatic rings. The maximum atomic E-state index is 12.7. The molecule has 3 rings (SSSR count). The Bertz CT molecular complexity index is 695. The van der Waals surface area contributed by atoms with E-state index in [9.17, 15) is 4.79 Å². The van der Waals surface area contributed by atoms with Crippen LogP contribution in [0.5, 0.6) is 5.75 Å². The Morgan fingerprint density at radius 3 is 2.62 bits per heavy atom. The summed E-state index contributed by atoms with van der Waals surface area (Å²) in [5, 5.41) is 3.28. The summed E-state index contributed by atoms with van der Waals surface area (Å²) >= 11 is 0. The van der Waals surface area contributed by atoms with Crippen molar-refractivity contribution in [2.45, 2.75) is 25.7 Å². The number of nitrogens with one attached hydrogen (secondary N) is 1. The molecule has 1 N–H and O–H groups in total. The van der Waals surface area contributed by atoms with E-state index in [0.717, 1.165) is 43.1 Å². The van der Waals surface area contributed by atoms with Crippen molar-refractivity contribution in [2.75, 3.05) is 25.5 Å². The lowest BCUT2D eigenvalue weighted by Crippen LogP contribution is -2.31. The number of hydrogen-bond acceptors (Lipinski definition) is 4. The normalized spacial score (nSPS) is 14.8. The molecule has 126 valence electrons. The standard InChI is InChI=1S/C19H23N3O2/c1-24-18-9-5-4-8-17(18)21-16-12-15(13-20-14-16)19(23)22-10-6-2-3-7-11-22/h4-5,8-9,12-14,21H,2-3,6-7,10-11H2,1H3. The van der Waals surface area contributed by atoms with Crippen molar-refractivity contribution >= 4 is 17.3 Å². The van der Waals surface area contributed by atoms with Gasteiger partial charge in [-0.3, -0.25) is 9.78 Å². The zero-order chi connectivity index (χ0) is 16.8. The summed E-state index contributed by atoms with van der Waals surface area (Å²) in [6, 6.07) is 9.53. The highest BCUT2D eigenvalue weighted by atomic mass is 16.5. The van der Waals surface area contributed by atoms with Gasteiger partial charge in [0.2, 0.25) is 0 Å². The molecule has 0 aliphatic carbocycles. The van der Waals surface area contributed by atoms with Crippen molar-refractivity contribution in [1.29, 1.82) is 0 Å². The van der Waals surface area contributed by atoms with Crippen molar-refractivity contribution in [3.8, 4) is 5.75 Å². The topological polar surface area (TPSA) is 54.5 Å². The van der Waals surface area contributed by atoms with Crippen molar-refractivity contribution < 1.29 is 9.53 Å². The van der Waals surface area contributed by atoms with Crippen LogP contribution < -0.4 is 10.1 Å². The van der Waals surface area contributed by atoms with E-state index in [1.165, 1.54) is 12.8 Å². The van der Waals surface area contributed by atoms with Crippen LogP contribution in [-0.2, 0) is 0 Å². The van der Waals surface area contributed by atoms with Crippen molar-refractivity contribution in [1.82, 2.24) is 9.88 Å². The van der Waals surface area contributed by atoms with Gasteiger partial charge in [-0.2, -0.15) is 0 Å². The van der Waals surface area contributed by atoms with Gasteiger partial charge >= 0.3 is 0 Å². The zero-order valence-electron chi connectivity index (χ0n) is 14.0. The number of ether oxygens (including phenoxy) is 1. The Hall–Kier alpha value is -2.56. The van der Waals surface area contributed by atoms with Crippen LogP contribution in [0.15, 0.2) is 42.7 Å². The molecule has 0 radical (unpaired) electrons. The van der Waals surface area contributed by atoms with E-state index in [0.29, 0.717) is 5.56 Å². The average Bonchev–Trinajstić information content (AvgIpc) is 2.91. The van der Waals surface area contributed by atoms with Crippen LogP contribution in [0.1, 0.15) is 36.0 Å². The molecule has 1 amide bonds. The number of benzene rings is 1. The first-order valence-corrected chi connectivity index (χ1v) is 8.42. The van der Waals surface area contributed by atoms with Gasteiger partial charge in [-0.1, -0.05) is 25.0 Å². The van der Waals surface area contributed by atoms with Crippen LogP contribution in [0.4, 0.5) is 11.4 Å². The van der Waals surface area contributed by atoms with E-state index in [-0.39, 0.29) is 5.91 Å². The molecule has 1 saturated heterocycles. The minimum absolute atomic E-state index is 0.0630. The Labute approximate surface area is 142 Å². The number of aromatic nitrogens is 1. The van der Waals surface area contributed by atoms with E-state index in [2.05, 4.69) is 10.3 Å². The van der Waals surface area contributed by atoms with Gasteiger partial charge in [0, 0.05) is 19.3 Å².